The summed E-state index contributed by atoms with van der Waals surface area (Å²) in [6, 6.07) is 21.6. The smallest absolute Gasteiger partial charge is 0.123 e. The summed E-state index contributed by atoms with van der Waals surface area (Å²) in [6.07, 6.45) is 2.41. The number of aliphatic hydroxyl groups is 1. The van der Waals surface area contributed by atoms with Gasteiger partial charge in [-0.3, -0.25) is 0 Å². The fourth-order valence-electron chi connectivity index (χ4n) is 6.33. The molecule has 2 atom stereocenters. The summed E-state index contributed by atoms with van der Waals surface area (Å²) < 4.78 is 13.3. The van der Waals surface area contributed by atoms with Gasteiger partial charge in [-0.15, -0.1) is 0 Å². The van der Waals surface area contributed by atoms with Gasteiger partial charge in [0.15, 0.2) is 0 Å². The highest BCUT2D eigenvalue weighted by Gasteiger charge is 2.53. The molecule has 1 aliphatic heterocycles. The number of fused-ring (bicyclic) bond motifs is 8. The van der Waals surface area contributed by atoms with Crippen LogP contribution in [-0.2, 0) is 11.0 Å². The molecule has 0 aromatic heterocycles. The maximum absolute atomic E-state index is 13.3. The van der Waals surface area contributed by atoms with Crippen molar-refractivity contribution in [3.05, 3.63) is 105 Å². The molecule has 3 aromatic carbocycles. The first-order chi connectivity index (χ1) is 15.0. The average Bonchev–Trinajstić information content (AvgIpc) is 3.27. The lowest BCUT2D eigenvalue weighted by Gasteiger charge is -2.43. The van der Waals surface area contributed by atoms with Crippen molar-refractivity contribution in [3.63, 3.8) is 0 Å². The summed E-state index contributed by atoms with van der Waals surface area (Å²) in [4.78, 5) is 2.49. The third-order valence-corrected chi connectivity index (χ3v) is 8.10. The van der Waals surface area contributed by atoms with Gasteiger partial charge in [0.05, 0.1) is 5.60 Å². The van der Waals surface area contributed by atoms with Crippen LogP contribution >= 0.6 is 11.6 Å². The second-order valence-electron chi connectivity index (χ2n) is 9.47. The molecule has 1 N–H and O–H groups in total. The van der Waals surface area contributed by atoms with E-state index in [1.165, 1.54) is 34.4 Å². The summed E-state index contributed by atoms with van der Waals surface area (Å²) in [5, 5.41) is 12.0. The SMILES string of the molecule is OC1(c2ccc(F)cc2)CCN(CC23CC(c4ccccc42)c2ccc(Cl)cc23)CC1. The van der Waals surface area contributed by atoms with Crippen LogP contribution in [0.15, 0.2) is 66.7 Å². The first-order valence-electron chi connectivity index (χ1n) is 11.1. The monoisotopic (exact) mass is 433 g/mol. The molecule has 0 radical (unpaired) electrons. The highest BCUT2D eigenvalue weighted by molar-refractivity contribution is 6.30. The third-order valence-electron chi connectivity index (χ3n) is 7.87. The van der Waals surface area contributed by atoms with E-state index in [9.17, 15) is 9.50 Å². The van der Waals surface area contributed by atoms with Gasteiger partial charge in [0.25, 0.3) is 0 Å². The van der Waals surface area contributed by atoms with Crippen LogP contribution in [0.5, 0.6) is 0 Å². The quantitative estimate of drug-likeness (QED) is 0.581. The Balaban J connectivity index is 1.30. The molecule has 6 rings (SSSR count). The van der Waals surface area contributed by atoms with Crippen LogP contribution in [0.2, 0.25) is 5.02 Å². The molecule has 1 saturated heterocycles. The Labute approximate surface area is 187 Å². The highest BCUT2D eigenvalue weighted by atomic mass is 35.5. The lowest BCUT2D eigenvalue weighted by Crippen LogP contribution is -2.47. The van der Waals surface area contributed by atoms with Crippen LogP contribution in [0.25, 0.3) is 0 Å². The zero-order chi connectivity index (χ0) is 21.2. The van der Waals surface area contributed by atoms with E-state index in [1.54, 1.807) is 12.1 Å². The summed E-state index contributed by atoms with van der Waals surface area (Å²) in [5.41, 5.74) is 5.59. The fraction of sp³-hybridized carbons (Fsp3) is 0.333. The third kappa shape index (κ3) is 2.91. The van der Waals surface area contributed by atoms with Gasteiger partial charge in [-0.2, -0.15) is 0 Å². The second-order valence-corrected chi connectivity index (χ2v) is 9.91. The Morgan fingerprint density at radius 1 is 0.935 bits per heavy atom. The largest absolute Gasteiger partial charge is 0.385 e. The van der Waals surface area contributed by atoms with E-state index in [0.29, 0.717) is 18.8 Å². The molecule has 2 aliphatic carbocycles. The number of hydrogen-bond acceptors (Lipinski definition) is 2. The Kier molecular flexibility index (Phi) is 4.34. The van der Waals surface area contributed by atoms with Crippen LogP contribution in [0, 0.1) is 5.82 Å². The molecule has 31 heavy (non-hydrogen) atoms. The number of piperidine rings is 1. The average molecular weight is 434 g/mol. The van der Waals surface area contributed by atoms with Crippen LogP contribution in [0.1, 0.15) is 53.0 Å². The number of benzene rings is 3. The number of halogens is 2. The zero-order valence-electron chi connectivity index (χ0n) is 17.3. The number of rotatable bonds is 3. The second kappa shape index (κ2) is 6.90. The van der Waals surface area contributed by atoms with Crippen LogP contribution in [-0.4, -0.2) is 29.6 Å². The van der Waals surface area contributed by atoms with Gasteiger partial charge in [0.1, 0.15) is 5.82 Å². The molecular formula is C27H25ClFNO. The minimum Gasteiger partial charge on any atom is -0.385 e. The maximum atomic E-state index is 13.3. The Morgan fingerprint density at radius 2 is 1.65 bits per heavy atom. The van der Waals surface area contributed by atoms with Crippen molar-refractivity contribution in [1.29, 1.82) is 0 Å². The topological polar surface area (TPSA) is 23.5 Å². The van der Waals surface area contributed by atoms with Crippen LogP contribution < -0.4 is 0 Å². The fourth-order valence-corrected chi connectivity index (χ4v) is 6.50. The van der Waals surface area contributed by atoms with Crippen molar-refractivity contribution in [1.82, 2.24) is 4.90 Å². The van der Waals surface area contributed by atoms with E-state index < -0.39 is 5.60 Å². The Bertz CT molecular complexity index is 1150. The normalized spacial score (nSPS) is 26.0. The molecule has 2 unspecified atom stereocenters. The van der Waals surface area contributed by atoms with E-state index in [4.69, 9.17) is 11.6 Å². The van der Waals surface area contributed by atoms with Gasteiger partial charge in [0, 0.05) is 36.0 Å². The molecule has 2 nitrogen and oxygen atoms in total. The van der Waals surface area contributed by atoms with Gasteiger partial charge >= 0.3 is 0 Å². The first kappa shape index (κ1) is 19.5. The first-order valence-corrected chi connectivity index (χ1v) is 11.5. The van der Waals surface area contributed by atoms with Crippen molar-refractivity contribution >= 4 is 11.6 Å². The van der Waals surface area contributed by atoms with Crippen molar-refractivity contribution < 1.29 is 9.50 Å². The van der Waals surface area contributed by atoms with Gasteiger partial charge in [-0.1, -0.05) is 54.1 Å². The van der Waals surface area contributed by atoms with Crippen molar-refractivity contribution in [3.8, 4) is 0 Å². The maximum Gasteiger partial charge on any atom is 0.123 e. The number of likely N-dealkylation sites (tertiary alicyclic amines) is 1. The van der Waals surface area contributed by atoms with E-state index in [1.807, 2.05) is 6.07 Å². The van der Waals surface area contributed by atoms with Crippen molar-refractivity contribution in [2.75, 3.05) is 19.6 Å². The summed E-state index contributed by atoms with van der Waals surface area (Å²) >= 11 is 6.44. The molecule has 2 bridgehead atoms. The van der Waals surface area contributed by atoms with Crippen LogP contribution in [0.3, 0.4) is 0 Å². The lowest BCUT2D eigenvalue weighted by molar-refractivity contribution is -0.0289. The summed E-state index contributed by atoms with van der Waals surface area (Å²) in [6.45, 7) is 2.57. The minimum absolute atomic E-state index is 0.0349. The van der Waals surface area contributed by atoms with Gasteiger partial charge < -0.3 is 10.0 Å². The molecule has 158 valence electrons. The van der Waals surface area contributed by atoms with E-state index in [-0.39, 0.29) is 11.2 Å². The molecule has 0 spiro atoms. The van der Waals surface area contributed by atoms with E-state index in [0.717, 1.165) is 36.6 Å². The number of nitrogens with zero attached hydrogens (tertiary/aromatic N) is 1. The van der Waals surface area contributed by atoms with Crippen LogP contribution in [0.4, 0.5) is 4.39 Å². The molecule has 4 heteroatoms. The molecular weight excluding hydrogens is 409 g/mol. The molecule has 0 amide bonds. The molecule has 3 aliphatic rings. The van der Waals surface area contributed by atoms with Gasteiger partial charge in [-0.05, 0) is 71.3 Å². The summed E-state index contributed by atoms with van der Waals surface area (Å²) in [5.74, 6) is 0.182. The van der Waals surface area contributed by atoms with Gasteiger partial charge in [-0.25, -0.2) is 4.39 Å². The Hall–Kier alpha value is -2.20. The Morgan fingerprint density at radius 3 is 2.42 bits per heavy atom. The summed E-state index contributed by atoms with van der Waals surface area (Å²) in [7, 11) is 0. The van der Waals surface area contributed by atoms with Crippen molar-refractivity contribution in [2.45, 2.75) is 36.2 Å². The lowest BCUT2D eigenvalue weighted by atomic mass is 9.74. The predicted octanol–water partition coefficient (Wildman–Crippen LogP) is 5.60. The predicted molar refractivity (Wildman–Crippen MR) is 121 cm³/mol. The number of hydrogen-bond donors (Lipinski definition) is 1. The van der Waals surface area contributed by atoms with E-state index >= 15 is 0 Å². The molecule has 1 heterocycles. The standard InChI is InChI=1S/C27H25ClFNO/c28-19-7-10-22-23-16-26(25(22)15-19,24-4-2-1-3-21(23)24)17-30-13-11-27(31,12-14-30)18-5-8-20(29)9-6-18/h1-10,15,23,31H,11-14,16-17H2. The zero-order valence-corrected chi connectivity index (χ0v) is 18.1. The molecule has 3 aromatic rings. The minimum atomic E-state index is -0.880. The van der Waals surface area contributed by atoms with Gasteiger partial charge in [0.2, 0.25) is 0 Å². The molecule has 0 saturated carbocycles. The van der Waals surface area contributed by atoms with Crippen molar-refractivity contribution in [2.24, 2.45) is 0 Å². The highest BCUT2D eigenvalue weighted by Crippen LogP contribution is 2.60. The molecule has 1 fully saturated rings. The van der Waals surface area contributed by atoms with E-state index in [2.05, 4.69) is 41.3 Å².